The van der Waals surface area contributed by atoms with Gasteiger partial charge >= 0.3 is 0 Å². The fraction of sp³-hybridized carbons (Fsp3) is 0.550. The minimum Gasteiger partial charge on any atom is -0.550 e. The number of amides is 2. The number of likely N-dealkylation sites (tertiary alicyclic amines) is 1. The molecule has 0 saturated carbocycles. The fourth-order valence-corrected chi connectivity index (χ4v) is 4.02. The molecule has 0 spiro atoms. The molecular weight excluding hydrogens is 362 g/mol. The van der Waals surface area contributed by atoms with Crippen LogP contribution in [-0.4, -0.2) is 66.6 Å². The number of unbranched alkanes of at least 4 members (excludes halogenated alkanes) is 2. The number of benzene rings is 1. The third-order valence-corrected chi connectivity index (χ3v) is 5.62. The summed E-state index contributed by atoms with van der Waals surface area (Å²) >= 11 is 0. The van der Waals surface area contributed by atoms with Crippen LogP contribution in [0.25, 0.3) is 0 Å². The first kappa shape index (κ1) is 20.1. The molecule has 8 heteroatoms. The first-order valence-electron chi connectivity index (χ1n) is 9.88. The van der Waals surface area contributed by atoms with E-state index in [1.807, 2.05) is 12.1 Å². The van der Waals surface area contributed by atoms with Crippen molar-refractivity contribution in [1.29, 1.82) is 0 Å². The van der Waals surface area contributed by atoms with Gasteiger partial charge in [-0.3, -0.25) is 14.5 Å². The van der Waals surface area contributed by atoms with E-state index >= 15 is 0 Å². The number of nitrogens with zero attached hydrogens (tertiary/aromatic N) is 2. The number of nitrogens with one attached hydrogen (secondary N) is 1. The lowest BCUT2D eigenvalue weighted by atomic mass is 10.1. The fourth-order valence-electron chi connectivity index (χ4n) is 4.02. The molecule has 1 atom stereocenters. The Morgan fingerprint density at radius 3 is 2.43 bits per heavy atom. The molecule has 0 radical (unpaired) electrons. The highest BCUT2D eigenvalue weighted by atomic mass is 16.4. The Kier molecular flexibility index (Phi) is 6.51. The molecule has 2 amide bonds. The van der Waals surface area contributed by atoms with E-state index in [1.54, 1.807) is 12.1 Å². The summed E-state index contributed by atoms with van der Waals surface area (Å²) in [6.07, 6.45) is 2.06. The van der Waals surface area contributed by atoms with Crippen molar-refractivity contribution in [2.45, 2.75) is 38.1 Å². The zero-order chi connectivity index (χ0) is 20.1. The van der Waals surface area contributed by atoms with E-state index in [4.69, 9.17) is 0 Å². The van der Waals surface area contributed by atoms with Crippen LogP contribution in [0.1, 0.15) is 32.1 Å². The predicted octanol–water partition coefficient (Wildman–Crippen LogP) is -1.47. The number of hydrogen-bond acceptors (Lipinski definition) is 6. The molecule has 3 rings (SSSR count). The summed E-state index contributed by atoms with van der Waals surface area (Å²) in [6, 6.07) is 6.79. The van der Waals surface area contributed by atoms with Crippen LogP contribution in [0, 0.1) is 0 Å². The van der Waals surface area contributed by atoms with Gasteiger partial charge in [0, 0.05) is 18.2 Å². The van der Waals surface area contributed by atoms with E-state index in [-0.39, 0.29) is 36.4 Å². The summed E-state index contributed by atoms with van der Waals surface area (Å²) in [7, 11) is 0. The number of imide groups is 1. The number of carboxylic acid groups (broad SMARTS) is 1. The average molecular weight is 389 g/mol. The standard InChI is InChI=1S/C20H27N3O5/c24-16-7-5-15(6-8-16)21-10-12-22(13-11-21)17-14-18(25)23(20(17)28)9-3-1-2-4-19(26)27/h5-8,17,24H,1-4,9-14H2,(H,26,27)/t17-/m1/s1. The summed E-state index contributed by atoms with van der Waals surface area (Å²) in [5.41, 5.74) is 1.05. The van der Waals surface area contributed by atoms with Gasteiger partial charge in [0.25, 0.3) is 5.91 Å². The molecule has 2 N–H and O–H groups in total. The van der Waals surface area contributed by atoms with Crippen LogP contribution in [0.2, 0.25) is 0 Å². The van der Waals surface area contributed by atoms with Crippen LogP contribution in [0.3, 0.4) is 0 Å². The number of anilines is 1. The number of phenols is 1. The summed E-state index contributed by atoms with van der Waals surface area (Å²) in [4.78, 5) is 40.1. The molecule has 2 saturated heterocycles. The Labute approximate surface area is 164 Å². The van der Waals surface area contributed by atoms with E-state index < -0.39 is 5.97 Å². The number of quaternary nitrogens is 1. The molecule has 152 valence electrons. The number of aliphatic carboxylic acids is 1. The second kappa shape index (κ2) is 9.05. The zero-order valence-corrected chi connectivity index (χ0v) is 15.9. The average Bonchev–Trinajstić information content (AvgIpc) is 2.96. The van der Waals surface area contributed by atoms with Gasteiger partial charge in [-0.25, -0.2) is 0 Å². The van der Waals surface area contributed by atoms with Gasteiger partial charge in [0.05, 0.1) is 32.6 Å². The molecule has 2 heterocycles. The Morgan fingerprint density at radius 2 is 1.79 bits per heavy atom. The van der Waals surface area contributed by atoms with Gasteiger partial charge in [0.15, 0.2) is 6.04 Å². The number of carbonyl (C=O) groups is 3. The maximum absolute atomic E-state index is 12.7. The maximum Gasteiger partial charge on any atom is 0.288 e. The van der Waals surface area contributed by atoms with Gasteiger partial charge in [0.2, 0.25) is 5.91 Å². The summed E-state index contributed by atoms with van der Waals surface area (Å²) in [5.74, 6) is -1.05. The second-order valence-corrected chi connectivity index (χ2v) is 7.48. The molecule has 28 heavy (non-hydrogen) atoms. The Hall–Kier alpha value is -2.61. The Balaban J connectivity index is 1.47. The van der Waals surface area contributed by atoms with Crippen LogP contribution in [-0.2, 0) is 14.4 Å². The molecule has 2 aliphatic rings. The first-order valence-corrected chi connectivity index (χ1v) is 9.88. The van der Waals surface area contributed by atoms with Crippen molar-refractivity contribution in [3.8, 4) is 5.75 Å². The van der Waals surface area contributed by atoms with Crippen molar-refractivity contribution in [2.24, 2.45) is 0 Å². The van der Waals surface area contributed by atoms with Crippen LogP contribution < -0.4 is 14.9 Å². The minimum absolute atomic E-state index is 0.0139. The van der Waals surface area contributed by atoms with Gasteiger partial charge in [-0.2, -0.15) is 0 Å². The van der Waals surface area contributed by atoms with Gasteiger partial charge in [-0.1, -0.05) is 6.42 Å². The Morgan fingerprint density at radius 1 is 1.11 bits per heavy atom. The number of carboxylic acids is 1. The van der Waals surface area contributed by atoms with E-state index in [1.165, 1.54) is 4.90 Å². The lowest BCUT2D eigenvalue weighted by Crippen LogP contribution is -3.19. The first-order chi connectivity index (χ1) is 13.5. The molecule has 0 aliphatic carbocycles. The molecule has 1 aromatic carbocycles. The van der Waals surface area contributed by atoms with Crippen LogP contribution >= 0.6 is 0 Å². The number of hydrogen-bond donors (Lipinski definition) is 2. The van der Waals surface area contributed by atoms with Crippen LogP contribution in [0.4, 0.5) is 5.69 Å². The highest BCUT2D eigenvalue weighted by molar-refractivity contribution is 6.04. The van der Waals surface area contributed by atoms with Crippen molar-refractivity contribution in [3.05, 3.63) is 24.3 Å². The molecule has 0 bridgehead atoms. The zero-order valence-electron chi connectivity index (χ0n) is 15.9. The van der Waals surface area contributed by atoms with Gasteiger partial charge in [-0.05, 0) is 43.5 Å². The van der Waals surface area contributed by atoms with E-state index in [0.717, 1.165) is 36.8 Å². The molecule has 2 aliphatic heterocycles. The van der Waals surface area contributed by atoms with E-state index in [2.05, 4.69) is 4.90 Å². The summed E-state index contributed by atoms with van der Waals surface area (Å²) in [5, 5.41) is 19.8. The largest absolute Gasteiger partial charge is 0.550 e. The van der Waals surface area contributed by atoms with Gasteiger partial charge in [-0.15, -0.1) is 0 Å². The number of rotatable bonds is 8. The van der Waals surface area contributed by atoms with Gasteiger partial charge < -0.3 is 24.8 Å². The van der Waals surface area contributed by atoms with Crippen molar-refractivity contribution < 1.29 is 29.5 Å². The molecule has 1 aromatic rings. The number of aromatic hydroxyl groups is 1. The van der Waals surface area contributed by atoms with Crippen molar-refractivity contribution >= 4 is 23.5 Å². The van der Waals surface area contributed by atoms with Gasteiger partial charge in [0.1, 0.15) is 5.75 Å². The quantitative estimate of drug-likeness (QED) is 0.416. The van der Waals surface area contributed by atoms with E-state index in [0.29, 0.717) is 25.8 Å². The predicted molar refractivity (Wildman–Crippen MR) is 99.6 cm³/mol. The van der Waals surface area contributed by atoms with Crippen molar-refractivity contribution in [1.82, 2.24) is 4.90 Å². The number of carbonyl (C=O) groups excluding carboxylic acids is 3. The minimum atomic E-state index is -1.07. The highest BCUT2D eigenvalue weighted by Crippen LogP contribution is 2.19. The number of piperazine rings is 1. The summed E-state index contributed by atoms with van der Waals surface area (Å²) in [6.45, 7) is 3.52. The summed E-state index contributed by atoms with van der Waals surface area (Å²) < 4.78 is 0. The molecule has 8 nitrogen and oxygen atoms in total. The third-order valence-electron chi connectivity index (χ3n) is 5.62. The Bertz CT molecular complexity index is 713. The lowest BCUT2D eigenvalue weighted by Gasteiger charge is -2.35. The monoisotopic (exact) mass is 389 g/mol. The lowest BCUT2D eigenvalue weighted by molar-refractivity contribution is -0.915. The van der Waals surface area contributed by atoms with Crippen molar-refractivity contribution in [2.75, 3.05) is 37.6 Å². The highest BCUT2D eigenvalue weighted by Gasteiger charge is 2.45. The van der Waals surface area contributed by atoms with Crippen molar-refractivity contribution in [3.63, 3.8) is 0 Å². The molecule has 2 fully saturated rings. The smallest absolute Gasteiger partial charge is 0.288 e. The van der Waals surface area contributed by atoms with E-state index in [9.17, 15) is 24.6 Å². The van der Waals surface area contributed by atoms with Crippen LogP contribution in [0.15, 0.2) is 24.3 Å². The number of phenolic OH excluding ortho intramolecular Hbond substituents is 1. The van der Waals surface area contributed by atoms with Crippen LogP contribution in [0.5, 0.6) is 5.75 Å². The third kappa shape index (κ3) is 4.81. The second-order valence-electron chi connectivity index (χ2n) is 7.48. The SMILES string of the molecule is O=C([O-])CCCCCN1C(=O)C[C@@H]([NH+]2CCN(c3ccc(O)cc3)CC2)C1=O. The molecule has 0 unspecified atom stereocenters. The topological polar surface area (TPSA) is 105 Å². The normalized spacial score (nSPS) is 20.8. The molecule has 0 aromatic heterocycles. The maximum atomic E-state index is 12.7. The molecular formula is C20H27N3O5.